The number of nitrogens with one attached hydrogen (secondary N) is 3. The number of halogens is 1. The third kappa shape index (κ3) is 6.61. The lowest BCUT2D eigenvalue weighted by molar-refractivity contribution is -0.119. The van der Waals surface area contributed by atoms with E-state index in [2.05, 4.69) is 15.4 Å². The zero-order valence-electron chi connectivity index (χ0n) is 12.2. The molecule has 1 fully saturated rings. The van der Waals surface area contributed by atoms with Gasteiger partial charge in [0.1, 0.15) is 0 Å². The number of carbonyl (C=O) groups is 1. The number of benzene rings is 1. The van der Waals surface area contributed by atoms with Crippen LogP contribution < -0.4 is 15.4 Å². The normalized spacial score (nSPS) is 18.1. The van der Waals surface area contributed by atoms with Crippen molar-refractivity contribution in [1.29, 1.82) is 0 Å². The maximum atomic E-state index is 11.9. The Hall–Kier alpha value is -1.35. The predicted octanol–water partition coefficient (Wildman–Crippen LogP) is 0.797. The molecule has 0 saturated carbocycles. The van der Waals surface area contributed by atoms with E-state index in [-0.39, 0.29) is 30.8 Å². The number of morpholine rings is 1. The van der Waals surface area contributed by atoms with Gasteiger partial charge in [-0.25, -0.2) is 8.42 Å². The van der Waals surface area contributed by atoms with Gasteiger partial charge in [0.25, 0.3) is 0 Å². The molecule has 1 unspecified atom stereocenters. The molecule has 1 aromatic rings. The van der Waals surface area contributed by atoms with Crippen molar-refractivity contribution >= 4 is 39.7 Å². The quantitative estimate of drug-likeness (QED) is 0.730. The average Bonchev–Trinajstić information content (AvgIpc) is 2.40. The largest absolute Gasteiger partial charge is 0.375 e. The molecule has 0 bridgehead atoms. The fourth-order valence-electron chi connectivity index (χ4n) is 2.01. The molecular formula is C13H20ClN3O4S. The second-order valence-corrected chi connectivity index (χ2v) is 6.65. The highest BCUT2D eigenvalue weighted by atomic mass is 35.5. The van der Waals surface area contributed by atoms with E-state index in [0.29, 0.717) is 24.5 Å². The summed E-state index contributed by atoms with van der Waals surface area (Å²) in [6.45, 7) is 2.10. The molecule has 1 saturated heterocycles. The van der Waals surface area contributed by atoms with Crippen LogP contribution in [0, 0.1) is 0 Å². The molecular weight excluding hydrogens is 330 g/mol. The van der Waals surface area contributed by atoms with Crippen LogP contribution in [-0.2, 0) is 19.6 Å². The molecule has 1 amide bonds. The van der Waals surface area contributed by atoms with Crippen LogP contribution in [0.25, 0.3) is 0 Å². The number of anilines is 2. The van der Waals surface area contributed by atoms with Crippen LogP contribution >= 0.6 is 12.4 Å². The molecule has 0 aromatic heterocycles. The summed E-state index contributed by atoms with van der Waals surface area (Å²) in [6.07, 6.45) is 1.27. The van der Waals surface area contributed by atoms with Crippen LogP contribution in [0.3, 0.4) is 0 Å². The number of hydrogen-bond donors (Lipinski definition) is 3. The molecule has 9 heteroatoms. The number of rotatable bonds is 5. The Labute approximate surface area is 136 Å². The van der Waals surface area contributed by atoms with E-state index < -0.39 is 10.0 Å². The van der Waals surface area contributed by atoms with Gasteiger partial charge in [-0.05, 0) is 24.3 Å². The van der Waals surface area contributed by atoms with Gasteiger partial charge in [0.2, 0.25) is 15.9 Å². The first kappa shape index (κ1) is 18.7. The molecule has 0 spiro atoms. The topological polar surface area (TPSA) is 96.5 Å². The Balaban J connectivity index is 0.00000242. The lowest BCUT2D eigenvalue weighted by Gasteiger charge is -2.23. The van der Waals surface area contributed by atoms with Gasteiger partial charge in [0.15, 0.2) is 0 Å². The number of amides is 1. The maximum Gasteiger partial charge on any atom is 0.229 e. The molecule has 7 nitrogen and oxygen atoms in total. The third-order valence-corrected chi connectivity index (χ3v) is 3.50. The Bertz CT molecular complexity index is 586. The minimum absolute atomic E-state index is 0. The number of hydrogen-bond acceptors (Lipinski definition) is 5. The minimum Gasteiger partial charge on any atom is -0.375 e. The fraction of sp³-hybridized carbons (Fsp3) is 0.462. The second-order valence-electron chi connectivity index (χ2n) is 4.90. The Morgan fingerprint density at radius 3 is 2.50 bits per heavy atom. The van der Waals surface area contributed by atoms with E-state index in [4.69, 9.17) is 4.74 Å². The standard InChI is InChI=1S/C13H19N3O4S.ClH/c1-21(18,19)16-11-4-2-10(3-5-11)15-13(17)8-12-9-14-6-7-20-12;/h2-5,12,14,16H,6-9H2,1H3,(H,15,17);1H. The SMILES string of the molecule is CS(=O)(=O)Nc1ccc(NC(=O)CC2CNCCO2)cc1.Cl. The summed E-state index contributed by atoms with van der Waals surface area (Å²) in [5.74, 6) is -0.132. The Morgan fingerprint density at radius 2 is 1.95 bits per heavy atom. The van der Waals surface area contributed by atoms with Gasteiger partial charge >= 0.3 is 0 Å². The average molecular weight is 350 g/mol. The van der Waals surface area contributed by atoms with Crippen molar-refractivity contribution in [3.05, 3.63) is 24.3 Å². The number of sulfonamides is 1. The molecule has 0 radical (unpaired) electrons. The summed E-state index contributed by atoms with van der Waals surface area (Å²) in [5.41, 5.74) is 1.07. The van der Waals surface area contributed by atoms with Crippen LogP contribution in [0.1, 0.15) is 6.42 Å². The van der Waals surface area contributed by atoms with Crippen LogP contribution in [-0.4, -0.2) is 46.4 Å². The first-order valence-electron chi connectivity index (χ1n) is 6.62. The molecule has 1 heterocycles. The Kier molecular flexibility index (Phi) is 7.08. The summed E-state index contributed by atoms with van der Waals surface area (Å²) in [7, 11) is -3.29. The molecule has 1 atom stereocenters. The number of ether oxygens (including phenoxy) is 1. The zero-order valence-corrected chi connectivity index (χ0v) is 13.8. The highest BCUT2D eigenvalue weighted by Gasteiger charge is 2.17. The molecule has 0 aliphatic carbocycles. The monoisotopic (exact) mass is 349 g/mol. The summed E-state index contributed by atoms with van der Waals surface area (Å²) in [6, 6.07) is 6.47. The lowest BCUT2D eigenvalue weighted by Crippen LogP contribution is -2.40. The fourth-order valence-corrected chi connectivity index (χ4v) is 2.57. The van der Waals surface area contributed by atoms with Gasteiger partial charge in [-0.1, -0.05) is 0 Å². The van der Waals surface area contributed by atoms with E-state index in [0.717, 1.165) is 12.8 Å². The summed E-state index contributed by atoms with van der Waals surface area (Å²) in [4.78, 5) is 11.9. The van der Waals surface area contributed by atoms with Crippen molar-refractivity contribution in [2.45, 2.75) is 12.5 Å². The summed E-state index contributed by atoms with van der Waals surface area (Å²) >= 11 is 0. The van der Waals surface area contributed by atoms with Gasteiger partial charge in [-0.15, -0.1) is 12.4 Å². The highest BCUT2D eigenvalue weighted by molar-refractivity contribution is 7.92. The first-order chi connectivity index (χ1) is 9.92. The molecule has 124 valence electrons. The van der Waals surface area contributed by atoms with E-state index in [1.54, 1.807) is 24.3 Å². The highest BCUT2D eigenvalue weighted by Crippen LogP contribution is 2.15. The van der Waals surface area contributed by atoms with Crippen molar-refractivity contribution in [3.8, 4) is 0 Å². The molecule has 1 aromatic carbocycles. The molecule has 1 aliphatic heterocycles. The lowest BCUT2D eigenvalue weighted by atomic mass is 10.2. The van der Waals surface area contributed by atoms with Crippen molar-refractivity contribution in [2.75, 3.05) is 36.0 Å². The van der Waals surface area contributed by atoms with Gasteiger partial charge < -0.3 is 15.4 Å². The molecule has 22 heavy (non-hydrogen) atoms. The zero-order chi connectivity index (χ0) is 15.3. The van der Waals surface area contributed by atoms with E-state index in [9.17, 15) is 13.2 Å². The van der Waals surface area contributed by atoms with Crippen molar-refractivity contribution in [3.63, 3.8) is 0 Å². The van der Waals surface area contributed by atoms with E-state index in [1.807, 2.05) is 0 Å². The molecule has 2 rings (SSSR count). The van der Waals surface area contributed by atoms with E-state index in [1.165, 1.54) is 0 Å². The van der Waals surface area contributed by atoms with Crippen LogP contribution in [0.15, 0.2) is 24.3 Å². The molecule has 3 N–H and O–H groups in total. The van der Waals surface area contributed by atoms with Gasteiger partial charge in [-0.3, -0.25) is 9.52 Å². The van der Waals surface area contributed by atoms with E-state index >= 15 is 0 Å². The second kappa shape index (κ2) is 8.33. The van der Waals surface area contributed by atoms with Crippen LogP contribution in [0.2, 0.25) is 0 Å². The predicted molar refractivity (Wildman–Crippen MR) is 88.0 cm³/mol. The van der Waals surface area contributed by atoms with Crippen molar-refractivity contribution < 1.29 is 17.9 Å². The Morgan fingerprint density at radius 1 is 1.32 bits per heavy atom. The minimum atomic E-state index is -3.29. The smallest absolute Gasteiger partial charge is 0.229 e. The summed E-state index contributed by atoms with van der Waals surface area (Å²) < 4.78 is 30.0. The maximum absolute atomic E-state index is 11.9. The van der Waals surface area contributed by atoms with Gasteiger partial charge in [0.05, 0.1) is 25.4 Å². The number of carbonyl (C=O) groups excluding carboxylic acids is 1. The molecule has 1 aliphatic rings. The first-order valence-corrected chi connectivity index (χ1v) is 8.51. The van der Waals surface area contributed by atoms with Crippen LogP contribution in [0.5, 0.6) is 0 Å². The van der Waals surface area contributed by atoms with Gasteiger partial charge in [-0.2, -0.15) is 0 Å². The van der Waals surface area contributed by atoms with Crippen molar-refractivity contribution in [1.82, 2.24) is 5.32 Å². The van der Waals surface area contributed by atoms with Crippen molar-refractivity contribution in [2.24, 2.45) is 0 Å². The van der Waals surface area contributed by atoms with Crippen LogP contribution in [0.4, 0.5) is 11.4 Å². The van der Waals surface area contributed by atoms with Gasteiger partial charge in [0, 0.05) is 24.5 Å². The summed E-state index contributed by atoms with van der Waals surface area (Å²) in [5, 5.41) is 5.92. The third-order valence-electron chi connectivity index (χ3n) is 2.89.